The fourth-order valence-electron chi connectivity index (χ4n) is 1.36. The molecule has 1 heterocycles. The number of phenolic OH excluding ortho intramolecular Hbond substituents is 1. The third-order valence-corrected chi connectivity index (χ3v) is 2.97. The van der Waals surface area contributed by atoms with Gasteiger partial charge in [-0.1, -0.05) is 6.07 Å². The van der Waals surface area contributed by atoms with E-state index in [0.717, 1.165) is 12.1 Å². The van der Waals surface area contributed by atoms with Crippen LogP contribution in [0, 0.1) is 0 Å². The first-order valence-electron chi connectivity index (χ1n) is 4.42. The van der Waals surface area contributed by atoms with Crippen LogP contribution in [-0.2, 0) is 6.18 Å². The molecule has 0 saturated heterocycles. The highest BCUT2D eigenvalue weighted by molar-refractivity contribution is 7.13. The Kier molecular flexibility index (Phi) is 2.63. The highest BCUT2D eigenvalue weighted by Gasteiger charge is 2.31. The lowest BCUT2D eigenvalue weighted by molar-refractivity contribution is -0.137. The normalized spacial score (nSPS) is 11.7. The number of aromatic hydroxyl groups is 1. The maximum atomic E-state index is 12.5. The van der Waals surface area contributed by atoms with Crippen LogP contribution in [0.4, 0.5) is 13.2 Å². The lowest BCUT2D eigenvalue weighted by Gasteiger charge is -2.08. The molecule has 0 bridgehead atoms. The smallest absolute Gasteiger partial charge is 0.416 e. The van der Waals surface area contributed by atoms with Crippen LogP contribution < -0.4 is 0 Å². The number of hydrogen-bond donors (Lipinski definition) is 1. The SMILES string of the molecule is Oc1cc(-c2cccs2)cc(C(F)(F)F)c1. The van der Waals surface area contributed by atoms with Gasteiger partial charge in [0.25, 0.3) is 0 Å². The van der Waals surface area contributed by atoms with E-state index in [0.29, 0.717) is 10.4 Å². The molecule has 0 aliphatic rings. The summed E-state index contributed by atoms with van der Waals surface area (Å²) in [7, 11) is 0. The highest BCUT2D eigenvalue weighted by atomic mass is 32.1. The first-order chi connectivity index (χ1) is 7.47. The van der Waals surface area contributed by atoms with E-state index in [1.165, 1.54) is 17.4 Å². The lowest BCUT2D eigenvalue weighted by atomic mass is 10.1. The Morgan fingerprint density at radius 1 is 1.12 bits per heavy atom. The van der Waals surface area contributed by atoms with Crippen molar-refractivity contribution in [3.63, 3.8) is 0 Å². The Morgan fingerprint density at radius 3 is 2.44 bits per heavy atom. The molecule has 0 unspecified atom stereocenters. The molecule has 0 spiro atoms. The van der Waals surface area contributed by atoms with Gasteiger partial charge in [-0.3, -0.25) is 0 Å². The summed E-state index contributed by atoms with van der Waals surface area (Å²) >= 11 is 1.33. The van der Waals surface area contributed by atoms with Gasteiger partial charge in [-0.2, -0.15) is 13.2 Å². The van der Waals surface area contributed by atoms with Crippen molar-refractivity contribution in [2.75, 3.05) is 0 Å². The second kappa shape index (κ2) is 3.83. The predicted octanol–water partition coefficient (Wildman–Crippen LogP) is 4.14. The molecule has 16 heavy (non-hydrogen) atoms. The molecule has 1 nitrogen and oxygen atoms in total. The Bertz CT molecular complexity index is 488. The number of benzene rings is 1. The quantitative estimate of drug-likeness (QED) is 0.799. The van der Waals surface area contributed by atoms with E-state index in [4.69, 9.17) is 0 Å². The molecule has 1 aromatic carbocycles. The van der Waals surface area contributed by atoms with E-state index in [-0.39, 0.29) is 5.75 Å². The minimum Gasteiger partial charge on any atom is -0.508 e. The molecule has 1 N–H and O–H groups in total. The summed E-state index contributed by atoms with van der Waals surface area (Å²) in [5.74, 6) is -0.377. The molecular weight excluding hydrogens is 237 g/mol. The molecule has 2 rings (SSSR count). The monoisotopic (exact) mass is 244 g/mol. The Hall–Kier alpha value is -1.49. The molecule has 84 valence electrons. The fraction of sp³-hybridized carbons (Fsp3) is 0.0909. The molecule has 5 heteroatoms. The third-order valence-electron chi connectivity index (χ3n) is 2.05. The number of halogens is 3. The van der Waals surface area contributed by atoms with Crippen LogP contribution in [0.1, 0.15) is 5.56 Å². The van der Waals surface area contributed by atoms with Crippen LogP contribution in [0.5, 0.6) is 5.75 Å². The van der Waals surface area contributed by atoms with E-state index in [9.17, 15) is 18.3 Å². The summed E-state index contributed by atoms with van der Waals surface area (Å²) in [6.07, 6.45) is -4.44. The Balaban J connectivity index is 2.53. The predicted molar refractivity (Wildman–Crippen MR) is 56.4 cm³/mol. The van der Waals surface area contributed by atoms with Crippen LogP contribution in [0.3, 0.4) is 0 Å². The van der Waals surface area contributed by atoms with Gasteiger partial charge in [-0.05, 0) is 35.2 Å². The fourth-order valence-corrected chi connectivity index (χ4v) is 2.07. The van der Waals surface area contributed by atoms with Crippen LogP contribution in [0.15, 0.2) is 35.7 Å². The minimum atomic E-state index is -4.44. The molecule has 2 aromatic rings. The summed E-state index contributed by atoms with van der Waals surface area (Å²) < 4.78 is 37.4. The average molecular weight is 244 g/mol. The van der Waals surface area contributed by atoms with Gasteiger partial charge in [0, 0.05) is 4.88 Å². The Labute approximate surface area is 93.8 Å². The van der Waals surface area contributed by atoms with Crippen molar-refractivity contribution in [2.45, 2.75) is 6.18 Å². The van der Waals surface area contributed by atoms with Gasteiger partial charge < -0.3 is 5.11 Å². The van der Waals surface area contributed by atoms with E-state index >= 15 is 0 Å². The number of hydrogen-bond acceptors (Lipinski definition) is 2. The summed E-state index contributed by atoms with van der Waals surface area (Å²) in [6.45, 7) is 0. The van der Waals surface area contributed by atoms with E-state index in [1.807, 2.05) is 0 Å². The van der Waals surface area contributed by atoms with Crippen LogP contribution in [-0.4, -0.2) is 5.11 Å². The van der Waals surface area contributed by atoms with Crippen LogP contribution >= 0.6 is 11.3 Å². The van der Waals surface area contributed by atoms with Gasteiger partial charge in [-0.15, -0.1) is 11.3 Å². The molecule has 0 aliphatic carbocycles. The average Bonchev–Trinajstić information content (AvgIpc) is 2.68. The summed E-state index contributed by atoms with van der Waals surface area (Å²) in [5, 5.41) is 11.0. The zero-order valence-electron chi connectivity index (χ0n) is 7.95. The first kappa shape index (κ1) is 11.0. The van der Waals surface area contributed by atoms with E-state index in [1.54, 1.807) is 17.5 Å². The molecule has 0 fully saturated rings. The second-order valence-electron chi connectivity index (χ2n) is 3.24. The van der Waals surface area contributed by atoms with E-state index in [2.05, 4.69) is 0 Å². The van der Waals surface area contributed by atoms with Crippen molar-refractivity contribution < 1.29 is 18.3 Å². The molecule has 0 saturated carbocycles. The number of rotatable bonds is 1. The first-order valence-corrected chi connectivity index (χ1v) is 5.30. The highest BCUT2D eigenvalue weighted by Crippen LogP contribution is 2.36. The number of alkyl halides is 3. The lowest BCUT2D eigenvalue weighted by Crippen LogP contribution is -2.04. The molecular formula is C11H7F3OS. The van der Waals surface area contributed by atoms with Crippen molar-refractivity contribution in [1.29, 1.82) is 0 Å². The number of phenols is 1. The zero-order chi connectivity index (χ0) is 11.8. The zero-order valence-corrected chi connectivity index (χ0v) is 8.77. The van der Waals surface area contributed by atoms with Gasteiger partial charge in [0.15, 0.2) is 0 Å². The topological polar surface area (TPSA) is 20.2 Å². The third kappa shape index (κ3) is 2.19. The summed E-state index contributed by atoms with van der Waals surface area (Å²) in [6, 6.07) is 6.53. The van der Waals surface area contributed by atoms with Crippen molar-refractivity contribution in [1.82, 2.24) is 0 Å². The van der Waals surface area contributed by atoms with Gasteiger partial charge in [0.05, 0.1) is 5.56 Å². The number of thiophene rings is 1. The van der Waals surface area contributed by atoms with Crippen LogP contribution in [0.25, 0.3) is 10.4 Å². The van der Waals surface area contributed by atoms with Crippen molar-refractivity contribution >= 4 is 11.3 Å². The largest absolute Gasteiger partial charge is 0.508 e. The van der Waals surface area contributed by atoms with Crippen molar-refractivity contribution in [2.24, 2.45) is 0 Å². The molecule has 0 atom stereocenters. The molecule has 0 amide bonds. The molecule has 0 radical (unpaired) electrons. The van der Waals surface area contributed by atoms with E-state index < -0.39 is 11.7 Å². The summed E-state index contributed by atoms with van der Waals surface area (Å²) in [4.78, 5) is 0.696. The van der Waals surface area contributed by atoms with Gasteiger partial charge in [0.1, 0.15) is 5.75 Å². The molecule has 1 aromatic heterocycles. The second-order valence-corrected chi connectivity index (χ2v) is 4.19. The van der Waals surface area contributed by atoms with Crippen molar-refractivity contribution in [3.8, 4) is 16.2 Å². The van der Waals surface area contributed by atoms with Gasteiger partial charge in [-0.25, -0.2) is 0 Å². The standard InChI is InChI=1S/C11H7F3OS/c12-11(13,14)8-4-7(5-9(15)6-8)10-2-1-3-16-10/h1-6,15H. The minimum absolute atomic E-state index is 0.377. The maximum absolute atomic E-state index is 12.5. The van der Waals surface area contributed by atoms with Gasteiger partial charge >= 0.3 is 6.18 Å². The molecule has 0 aliphatic heterocycles. The van der Waals surface area contributed by atoms with Crippen LogP contribution in [0.2, 0.25) is 0 Å². The van der Waals surface area contributed by atoms with Gasteiger partial charge in [0.2, 0.25) is 0 Å². The maximum Gasteiger partial charge on any atom is 0.416 e. The van der Waals surface area contributed by atoms with Crippen molar-refractivity contribution in [3.05, 3.63) is 41.3 Å². The Morgan fingerprint density at radius 2 is 1.88 bits per heavy atom. The summed E-state index contributed by atoms with van der Waals surface area (Å²) in [5.41, 5.74) is -0.460.